The summed E-state index contributed by atoms with van der Waals surface area (Å²) >= 11 is 0. The minimum absolute atomic E-state index is 0.0112. The Morgan fingerprint density at radius 1 is 0.417 bits per heavy atom. The topological polar surface area (TPSA) is 469 Å². The fourth-order valence-electron chi connectivity index (χ4n) is 7.89. The van der Waals surface area contributed by atoms with Gasteiger partial charge in [-0.05, 0) is 0 Å². The quantitative estimate of drug-likeness (QED) is 0.0252. The molecule has 3 rings (SSSR count). The number of rotatable bonds is 49. The Balaban J connectivity index is 1.27. The first-order valence-electron chi connectivity index (χ1n) is 27.9. The molecule has 0 radical (unpaired) electrons. The van der Waals surface area contributed by atoms with Gasteiger partial charge >= 0.3 is 0 Å². The second kappa shape index (κ2) is 44.2. The molecule has 0 aromatic rings. The van der Waals surface area contributed by atoms with E-state index in [4.69, 9.17) is 71.1 Å². The summed E-state index contributed by atoms with van der Waals surface area (Å²) in [6.45, 7) is 2.73. The van der Waals surface area contributed by atoms with Crippen LogP contribution in [0.15, 0.2) is 11.5 Å². The van der Waals surface area contributed by atoms with Crippen LogP contribution in [0.1, 0.15) is 26.2 Å². The Kier molecular flexibility index (Phi) is 39.5. The van der Waals surface area contributed by atoms with Crippen LogP contribution < -0.4 is 16.0 Å². The van der Waals surface area contributed by atoms with Gasteiger partial charge in [-0.3, -0.25) is 14.4 Å². The summed E-state index contributed by atoms with van der Waals surface area (Å²) in [5.41, 5.74) is -0.810. The lowest BCUT2D eigenvalue weighted by Gasteiger charge is -2.39. The molecule has 0 saturated carbocycles. The Bertz CT molecular complexity index is 1700. The van der Waals surface area contributed by atoms with Gasteiger partial charge in [-0.2, -0.15) is 0 Å². The van der Waals surface area contributed by atoms with Crippen LogP contribution >= 0.6 is 0 Å². The number of ether oxygens (including phenoxy) is 15. The largest absolute Gasteiger partial charge is 0.463 e. The monoisotopic (exact) mass is 1230 g/mol. The first-order chi connectivity index (χ1) is 40.5. The van der Waals surface area contributed by atoms with Gasteiger partial charge in [-0.1, -0.05) is 6.92 Å². The summed E-state index contributed by atoms with van der Waals surface area (Å²) in [6.07, 6.45) is -17.7. The average molecular weight is 1230 g/mol. The molecule has 0 bridgehead atoms. The molecule has 2 saturated heterocycles. The first kappa shape index (κ1) is 75.0. The van der Waals surface area contributed by atoms with E-state index in [-0.39, 0.29) is 207 Å². The minimum Gasteiger partial charge on any atom is -0.463 e. The van der Waals surface area contributed by atoms with Crippen molar-refractivity contribution >= 4 is 17.7 Å². The molecular weight excluding hydrogens is 1130 g/mol. The molecule has 3 amide bonds. The Morgan fingerprint density at radius 2 is 0.762 bits per heavy atom. The van der Waals surface area contributed by atoms with Crippen molar-refractivity contribution in [2.45, 2.75) is 106 Å². The summed E-state index contributed by atoms with van der Waals surface area (Å²) in [5, 5.41) is 125. The normalized spacial score (nSPS) is 27.0. The zero-order chi connectivity index (χ0) is 61.5. The zero-order valence-electron chi connectivity index (χ0n) is 47.6. The van der Waals surface area contributed by atoms with Crippen LogP contribution in [0.5, 0.6) is 0 Å². The number of amides is 3. The molecule has 33 nitrogen and oxygen atoms in total. The molecular formula is C51H93N3O30. The molecule has 0 spiro atoms. The molecule has 3 aliphatic rings. The van der Waals surface area contributed by atoms with Gasteiger partial charge in [0.2, 0.25) is 17.7 Å². The molecule has 492 valence electrons. The number of hydrogen-bond acceptors (Lipinski definition) is 30. The standard InChI is InChI=1S/C51H93N3O30/c1-51(31-77-9-3-38(60)53-6-12-71-15-18-74-21-24-80-49-46(68)44(66)42(64)35(28-57)83-49,32-78-10-4-39(61)54-7-13-72-16-19-75-22-25-81-50-47(69)45(67)43(65)36(29-58)84-50)30-76-8-2-37(59)52-5-11-70-14-17-73-20-23-79-48-33(26-55)40(62)41(63)34(27-56)82-48/h34-36,40-47,49-50,55-58,62-69H,2-32H2,1H3,(H,52,59)(H,53,60)(H,54,61)/t34?,35?,36?,40?,41-,42-,43-,44?,45?,46?,47?,49+,50+,51?/m1/s1. The maximum atomic E-state index is 12.5. The molecule has 3 heterocycles. The maximum absolute atomic E-state index is 12.5. The van der Waals surface area contributed by atoms with Gasteiger partial charge in [0.1, 0.15) is 67.6 Å². The highest BCUT2D eigenvalue weighted by Gasteiger charge is 2.45. The number of carbonyl (C=O) groups is 3. The lowest BCUT2D eigenvalue weighted by atomic mass is 9.94. The average Bonchev–Trinajstić information content (AvgIpc) is 3.53. The molecule has 3 aliphatic heterocycles. The van der Waals surface area contributed by atoms with Crippen LogP contribution in [0.3, 0.4) is 0 Å². The fourth-order valence-corrected chi connectivity index (χ4v) is 7.89. The predicted octanol–water partition coefficient (Wildman–Crippen LogP) is -8.37. The van der Waals surface area contributed by atoms with Crippen molar-refractivity contribution in [3.05, 3.63) is 11.5 Å². The van der Waals surface area contributed by atoms with Gasteiger partial charge in [0.05, 0.1) is 164 Å². The summed E-state index contributed by atoms with van der Waals surface area (Å²) in [6, 6.07) is 0. The van der Waals surface area contributed by atoms with Crippen LogP contribution in [-0.4, -0.2) is 344 Å². The molecule has 0 aromatic carbocycles. The second-order valence-corrected chi connectivity index (χ2v) is 19.7. The van der Waals surface area contributed by atoms with Crippen molar-refractivity contribution in [1.29, 1.82) is 0 Å². The summed E-state index contributed by atoms with van der Waals surface area (Å²) in [7, 11) is 0. The first-order valence-corrected chi connectivity index (χ1v) is 27.9. The highest BCUT2D eigenvalue weighted by molar-refractivity contribution is 5.76. The van der Waals surface area contributed by atoms with Gasteiger partial charge in [0.15, 0.2) is 18.7 Å². The maximum Gasteiger partial charge on any atom is 0.283 e. The molecule has 0 aliphatic carbocycles. The molecule has 8 unspecified atom stereocenters. The van der Waals surface area contributed by atoms with Crippen LogP contribution in [0.4, 0.5) is 0 Å². The van der Waals surface area contributed by atoms with Crippen LogP contribution in [0.2, 0.25) is 0 Å². The van der Waals surface area contributed by atoms with E-state index >= 15 is 0 Å². The molecule has 0 aromatic heterocycles. The number of aliphatic hydroxyl groups excluding tert-OH is 12. The number of hydrogen-bond donors (Lipinski definition) is 15. The third-order valence-corrected chi connectivity index (χ3v) is 12.7. The Morgan fingerprint density at radius 3 is 1.12 bits per heavy atom. The van der Waals surface area contributed by atoms with Gasteiger partial charge in [0.25, 0.3) is 5.95 Å². The Hall–Kier alpha value is -3.25. The molecule has 84 heavy (non-hydrogen) atoms. The van der Waals surface area contributed by atoms with E-state index in [0.717, 1.165) is 0 Å². The molecule has 2 fully saturated rings. The lowest BCUT2D eigenvalue weighted by molar-refractivity contribution is -0.302. The van der Waals surface area contributed by atoms with Crippen molar-refractivity contribution < 1.29 is 147 Å². The fraction of sp³-hybridized carbons (Fsp3) is 0.902. The third kappa shape index (κ3) is 29.2. The minimum atomic E-state index is -1.55. The number of nitrogens with one attached hydrogen (secondary N) is 3. The Labute approximate surface area is 487 Å². The van der Waals surface area contributed by atoms with Crippen LogP contribution in [-0.2, 0) is 85.4 Å². The third-order valence-electron chi connectivity index (χ3n) is 12.7. The molecule has 33 heteroatoms. The van der Waals surface area contributed by atoms with Crippen LogP contribution in [0.25, 0.3) is 0 Å². The highest BCUT2D eigenvalue weighted by Crippen LogP contribution is 2.26. The summed E-state index contributed by atoms with van der Waals surface area (Å²) in [5.74, 6) is -1.04. The van der Waals surface area contributed by atoms with E-state index in [1.807, 2.05) is 6.92 Å². The van der Waals surface area contributed by atoms with E-state index in [2.05, 4.69) is 16.0 Å². The van der Waals surface area contributed by atoms with Crippen molar-refractivity contribution in [1.82, 2.24) is 16.0 Å². The predicted molar refractivity (Wildman–Crippen MR) is 282 cm³/mol. The SMILES string of the molecule is CC(COCCC(=O)NCCOCCOCCOC1=C(CO)C(O)[C@H](O)C(CO)O1)(COCCC(=O)NCCOCCOCCO[C@H]1OC(CO)[C@@H](O)C(O)C1O)COCCC(=O)NCCOCCOCCO[C@H]1OC(CO)[C@@H](O)C(O)C1O. The van der Waals surface area contributed by atoms with E-state index in [9.17, 15) is 75.7 Å². The number of carbonyl (C=O) groups excluding carboxylic acids is 3. The highest BCUT2D eigenvalue weighted by atomic mass is 16.7. The second-order valence-electron chi connectivity index (χ2n) is 19.7. The van der Waals surface area contributed by atoms with E-state index in [0.29, 0.717) is 0 Å². The van der Waals surface area contributed by atoms with E-state index < -0.39 is 112 Å². The van der Waals surface area contributed by atoms with Crippen molar-refractivity contribution in [3.63, 3.8) is 0 Å². The van der Waals surface area contributed by atoms with Gasteiger partial charge < -0.3 is 148 Å². The number of aliphatic hydroxyl groups is 12. The smallest absolute Gasteiger partial charge is 0.283 e. The van der Waals surface area contributed by atoms with Gasteiger partial charge in [0, 0.05) is 44.3 Å². The van der Waals surface area contributed by atoms with Gasteiger partial charge in [-0.15, -0.1) is 0 Å². The summed E-state index contributed by atoms with van der Waals surface area (Å²) < 4.78 is 82.3. The van der Waals surface area contributed by atoms with Gasteiger partial charge in [-0.25, -0.2) is 0 Å². The zero-order valence-corrected chi connectivity index (χ0v) is 47.6. The lowest BCUT2D eigenvalue weighted by Crippen LogP contribution is -2.59. The summed E-state index contributed by atoms with van der Waals surface area (Å²) in [4.78, 5) is 37.5. The van der Waals surface area contributed by atoms with Crippen LogP contribution in [0, 0.1) is 5.41 Å². The molecule has 15 N–H and O–H groups in total. The van der Waals surface area contributed by atoms with Crippen molar-refractivity contribution in [2.24, 2.45) is 5.41 Å². The molecule has 13 atom stereocenters. The van der Waals surface area contributed by atoms with E-state index in [1.54, 1.807) is 0 Å². The van der Waals surface area contributed by atoms with Crippen molar-refractivity contribution in [2.75, 3.05) is 185 Å². The van der Waals surface area contributed by atoms with Crippen molar-refractivity contribution in [3.8, 4) is 0 Å². The van der Waals surface area contributed by atoms with E-state index in [1.165, 1.54) is 0 Å².